The fourth-order valence-corrected chi connectivity index (χ4v) is 3.13. The Morgan fingerprint density at radius 2 is 1.90 bits per heavy atom. The minimum atomic E-state index is -1.13. The number of hydrogen-bond donors (Lipinski definition) is 3. The molecule has 0 heterocycles. The van der Waals surface area contributed by atoms with E-state index in [9.17, 15) is 18.9 Å². The molecule has 116 valence electrons. The third-order valence-corrected chi connectivity index (χ3v) is 4.50. The van der Waals surface area contributed by atoms with Gasteiger partial charge >= 0.3 is 12.0 Å². The Morgan fingerprint density at radius 3 is 2.40 bits per heavy atom. The zero-order valence-electron chi connectivity index (χ0n) is 12.1. The highest BCUT2D eigenvalue weighted by molar-refractivity contribution is 7.84. The van der Waals surface area contributed by atoms with Crippen LogP contribution >= 0.6 is 0 Å². The highest BCUT2D eigenvalue weighted by Gasteiger charge is 2.41. The van der Waals surface area contributed by atoms with Gasteiger partial charge in [0.2, 0.25) is 0 Å². The van der Waals surface area contributed by atoms with Gasteiger partial charge in [0.1, 0.15) is 5.54 Å². The maximum absolute atomic E-state index is 11.9. The number of urea groups is 1. The molecule has 2 atom stereocenters. The first-order valence-electron chi connectivity index (χ1n) is 6.98. The van der Waals surface area contributed by atoms with E-state index in [1.807, 2.05) is 6.92 Å². The van der Waals surface area contributed by atoms with Gasteiger partial charge in [-0.1, -0.05) is 19.3 Å². The van der Waals surface area contributed by atoms with Crippen molar-refractivity contribution in [2.24, 2.45) is 0 Å². The smallest absolute Gasteiger partial charge is 0.329 e. The predicted molar refractivity (Wildman–Crippen MR) is 78.1 cm³/mol. The summed E-state index contributed by atoms with van der Waals surface area (Å²) in [5.74, 6) is -0.444. The van der Waals surface area contributed by atoms with E-state index in [2.05, 4.69) is 10.6 Å². The summed E-state index contributed by atoms with van der Waals surface area (Å²) in [6.45, 7) is 1.82. The zero-order chi connectivity index (χ0) is 15.2. The van der Waals surface area contributed by atoms with Crippen LogP contribution in [0.4, 0.5) is 4.79 Å². The van der Waals surface area contributed by atoms with Crippen LogP contribution in [-0.4, -0.2) is 44.9 Å². The van der Waals surface area contributed by atoms with Crippen LogP contribution in [0.5, 0.6) is 0 Å². The van der Waals surface area contributed by atoms with Crippen molar-refractivity contribution in [2.45, 2.75) is 57.0 Å². The van der Waals surface area contributed by atoms with Crippen LogP contribution in [0, 0.1) is 0 Å². The molecule has 1 saturated carbocycles. The van der Waals surface area contributed by atoms with Crippen LogP contribution in [0.3, 0.4) is 0 Å². The summed E-state index contributed by atoms with van der Waals surface area (Å²) < 4.78 is 11.0. The Kier molecular flexibility index (Phi) is 6.45. The van der Waals surface area contributed by atoms with Crippen molar-refractivity contribution in [3.8, 4) is 0 Å². The van der Waals surface area contributed by atoms with E-state index in [-0.39, 0.29) is 6.04 Å². The molecule has 3 N–H and O–H groups in total. The molecule has 2 amide bonds. The number of hydrogen-bond acceptors (Lipinski definition) is 3. The number of amides is 2. The summed E-state index contributed by atoms with van der Waals surface area (Å²) in [6.07, 6.45) is 5.82. The molecule has 6 nitrogen and oxygen atoms in total. The van der Waals surface area contributed by atoms with Gasteiger partial charge in [-0.05, 0) is 26.2 Å². The second kappa shape index (κ2) is 7.61. The Balaban J connectivity index is 2.50. The molecule has 0 aromatic carbocycles. The quantitative estimate of drug-likeness (QED) is 0.688. The first-order chi connectivity index (χ1) is 9.35. The van der Waals surface area contributed by atoms with Gasteiger partial charge in [0.05, 0.1) is 0 Å². The van der Waals surface area contributed by atoms with Gasteiger partial charge in [-0.3, -0.25) is 4.21 Å². The SMILES string of the molecule is CC(CCS(C)=O)NC(=O)NC1(C(=O)O)CCCCC1. The highest BCUT2D eigenvalue weighted by atomic mass is 32.2. The number of aliphatic carboxylic acids is 1. The average molecular weight is 304 g/mol. The van der Waals surface area contributed by atoms with Crippen LogP contribution in [0.15, 0.2) is 0 Å². The second-order valence-electron chi connectivity index (χ2n) is 5.51. The monoisotopic (exact) mass is 304 g/mol. The number of rotatable bonds is 6. The van der Waals surface area contributed by atoms with Crippen LogP contribution in [0.25, 0.3) is 0 Å². The lowest BCUT2D eigenvalue weighted by Gasteiger charge is -2.34. The van der Waals surface area contributed by atoms with Crippen LogP contribution < -0.4 is 10.6 Å². The zero-order valence-corrected chi connectivity index (χ0v) is 12.9. The van der Waals surface area contributed by atoms with Crippen LogP contribution in [-0.2, 0) is 15.6 Å². The van der Waals surface area contributed by atoms with E-state index in [1.165, 1.54) is 0 Å². The van der Waals surface area contributed by atoms with E-state index in [4.69, 9.17) is 0 Å². The molecule has 1 aliphatic carbocycles. The third-order valence-electron chi connectivity index (χ3n) is 3.69. The van der Waals surface area contributed by atoms with E-state index in [0.717, 1.165) is 19.3 Å². The van der Waals surface area contributed by atoms with Gasteiger partial charge in [-0.15, -0.1) is 0 Å². The van der Waals surface area contributed by atoms with Gasteiger partial charge in [-0.25, -0.2) is 9.59 Å². The fourth-order valence-electron chi connectivity index (χ4n) is 2.44. The molecule has 0 bridgehead atoms. The molecule has 0 radical (unpaired) electrons. The molecule has 0 aromatic rings. The Morgan fingerprint density at radius 1 is 1.30 bits per heavy atom. The largest absolute Gasteiger partial charge is 0.480 e. The summed E-state index contributed by atoms with van der Waals surface area (Å²) in [6, 6.07) is -0.586. The van der Waals surface area contributed by atoms with Gasteiger partial charge in [0.25, 0.3) is 0 Å². The molecule has 7 heteroatoms. The summed E-state index contributed by atoms with van der Waals surface area (Å²) >= 11 is 0. The van der Waals surface area contributed by atoms with Crippen molar-refractivity contribution in [2.75, 3.05) is 12.0 Å². The third kappa shape index (κ3) is 5.11. The maximum atomic E-state index is 11.9. The molecule has 0 aliphatic heterocycles. The number of carboxylic acid groups (broad SMARTS) is 1. The molecule has 0 spiro atoms. The maximum Gasteiger partial charge on any atom is 0.329 e. The van der Waals surface area contributed by atoms with Crippen molar-refractivity contribution in [1.29, 1.82) is 0 Å². The van der Waals surface area contributed by atoms with E-state index in [1.54, 1.807) is 6.26 Å². The topological polar surface area (TPSA) is 95.5 Å². The van der Waals surface area contributed by atoms with Crippen molar-refractivity contribution in [1.82, 2.24) is 10.6 Å². The lowest BCUT2D eigenvalue weighted by molar-refractivity contribution is -0.145. The van der Waals surface area contributed by atoms with Crippen LogP contribution in [0.1, 0.15) is 45.4 Å². The number of carboxylic acids is 1. The molecule has 1 fully saturated rings. The Hall–Kier alpha value is -1.11. The molecule has 1 aliphatic rings. The predicted octanol–water partition coefficient (Wildman–Crippen LogP) is 1.23. The van der Waals surface area contributed by atoms with Gasteiger partial charge < -0.3 is 15.7 Å². The summed E-state index contributed by atoms with van der Waals surface area (Å²) in [5.41, 5.74) is -1.13. The molecule has 0 saturated heterocycles. The molecule has 1 rings (SSSR count). The van der Waals surface area contributed by atoms with Crippen LogP contribution in [0.2, 0.25) is 0 Å². The van der Waals surface area contributed by atoms with Crippen molar-refractivity contribution in [3.05, 3.63) is 0 Å². The van der Waals surface area contributed by atoms with E-state index in [0.29, 0.717) is 25.0 Å². The van der Waals surface area contributed by atoms with Gasteiger partial charge in [0, 0.05) is 28.9 Å². The van der Waals surface area contributed by atoms with Crippen molar-refractivity contribution >= 4 is 22.8 Å². The lowest BCUT2D eigenvalue weighted by Crippen LogP contribution is -2.59. The van der Waals surface area contributed by atoms with Gasteiger partial charge in [-0.2, -0.15) is 0 Å². The van der Waals surface area contributed by atoms with E-state index >= 15 is 0 Å². The minimum Gasteiger partial charge on any atom is -0.480 e. The standard InChI is InChI=1S/C13H24N2O4S/c1-10(6-9-20(2)19)14-12(18)15-13(11(16)17)7-4-3-5-8-13/h10H,3-9H2,1-2H3,(H,16,17)(H2,14,15,18). The molecular weight excluding hydrogens is 280 g/mol. The number of carbonyl (C=O) groups excluding carboxylic acids is 1. The normalized spacial score (nSPS) is 20.7. The second-order valence-corrected chi connectivity index (χ2v) is 7.07. The first kappa shape index (κ1) is 16.9. The van der Waals surface area contributed by atoms with E-state index < -0.39 is 28.3 Å². The molecule has 0 aromatic heterocycles. The summed E-state index contributed by atoms with van der Waals surface area (Å²) in [5, 5.41) is 14.7. The highest BCUT2D eigenvalue weighted by Crippen LogP contribution is 2.28. The molecule has 2 unspecified atom stereocenters. The number of nitrogens with one attached hydrogen (secondary N) is 2. The summed E-state index contributed by atoms with van der Waals surface area (Å²) in [7, 11) is -0.889. The first-order valence-corrected chi connectivity index (χ1v) is 8.70. The Labute approximate surface area is 122 Å². The molecular formula is C13H24N2O4S. The van der Waals surface area contributed by atoms with Gasteiger partial charge in [0.15, 0.2) is 0 Å². The summed E-state index contributed by atoms with van der Waals surface area (Å²) in [4.78, 5) is 23.3. The lowest BCUT2D eigenvalue weighted by atomic mass is 9.82. The fraction of sp³-hybridized carbons (Fsp3) is 0.846. The van der Waals surface area contributed by atoms with Crippen molar-refractivity contribution in [3.63, 3.8) is 0 Å². The molecule has 20 heavy (non-hydrogen) atoms. The Bertz CT molecular complexity index is 381. The average Bonchev–Trinajstić information content (AvgIpc) is 2.37. The van der Waals surface area contributed by atoms with Crippen molar-refractivity contribution < 1.29 is 18.9 Å². The number of carbonyl (C=O) groups is 2. The minimum absolute atomic E-state index is 0.131.